The molecule has 3 N–H and O–H groups in total. The lowest BCUT2D eigenvalue weighted by Gasteiger charge is -2.29. The van der Waals surface area contributed by atoms with Gasteiger partial charge in [-0.3, -0.25) is 4.79 Å². The lowest BCUT2D eigenvalue weighted by molar-refractivity contribution is -0.131. The number of carbonyl (C=O) groups excluding carboxylic acids is 1. The summed E-state index contributed by atoms with van der Waals surface area (Å²) in [6, 6.07) is 11.2. The summed E-state index contributed by atoms with van der Waals surface area (Å²) in [5.74, 6) is -0.353. The molecule has 2 aromatic rings. The molecule has 0 aromatic heterocycles. The smallest absolute Gasteiger partial charge is 0.328 e. The standard InChI is InChI=1S/C21H22N2O5/c1-27-17-11-13-9-10-22-21(15(13)12-18(17)28-2)14-5-3-4-6-16(14)23-19(24)7-8-20(25)26/h3-8,11-12,21-22H,9-10H2,1-2H3,(H,23,24)(H,25,26)/b8-7+. The number of ether oxygens (including phenoxy) is 2. The summed E-state index contributed by atoms with van der Waals surface area (Å²) in [6.07, 6.45) is 2.65. The molecule has 0 fully saturated rings. The number of amides is 1. The van der Waals surface area contributed by atoms with Crippen LogP contribution in [-0.4, -0.2) is 37.7 Å². The SMILES string of the molecule is COc1cc2c(cc1OC)C(c1ccccc1NC(=O)/C=C/C(=O)O)NCC2. The van der Waals surface area contributed by atoms with Gasteiger partial charge in [-0.1, -0.05) is 18.2 Å². The summed E-state index contributed by atoms with van der Waals surface area (Å²) in [4.78, 5) is 22.7. The highest BCUT2D eigenvalue weighted by Crippen LogP contribution is 2.39. The van der Waals surface area contributed by atoms with E-state index in [1.54, 1.807) is 20.3 Å². The summed E-state index contributed by atoms with van der Waals surface area (Å²) in [5.41, 5.74) is 3.69. The fourth-order valence-corrected chi connectivity index (χ4v) is 3.34. The molecule has 1 unspecified atom stereocenters. The summed E-state index contributed by atoms with van der Waals surface area (Å²) in [5, 5.41) is 14.9. The Kier molecular flexibility index (Phi) is 5.96. The highest BCUT2D eigenvalue weighted by Gasteiger charge is 2.25. The van der Waals surface area contributed by atoms with Crippen molar-refractivity contribution in [3.63, 3.8) is 0 Å². The number of rotatable bonds is 6. The number of anilines is 1. The van der Waals surface area contributed by atoms with Crippen LogP contribution in [0.25, 0.3) is 0 Å². The third-order valence-electron chi connectivity index (χ3n) is 4.61. The molecule has 0 aliphatic carbocycles. The van der Waals surface area contributed by atoms with Gasteiger partial charge in [-0.2, -0.15) is 0 Å². The fourth-order valence-electron chi connectivity index (χ4n) is 3.34. The highest BCUT2D eigenvalue weighted by molar-refractivity contribution is 6.02. The molecule has 1 heterocycles. The zero-order valence-corrected chi connectivity index (χ0v) is 15.7. The molecule has 146 valence electrons. The molecule has 0 bridgehead atoms. The van der Waals surface area contributed by atoms with Crippen molar-refractivity contribution in [1.82, 2.24) is 5.32 Å². The average Bonchev–Trinajstić information content (AvgIpc) is 2.71. The molecule has 0 saturated heterocycles. The average molecular weight is 382 g/mol. The van der Waals surface area contributed by atoms with Crippen LogP contribution in [0.5, 0.6) is 11.5 Å². The summed E-state index contributed by atoms with van der Waals surface area (Å²) < 4.78 is 10.9. The van der Waals surface area contributed by atoms with E-state index < -0.39 is 11.9 Å². The molecule has 0 radical (unpaired) electrons. The molecule has 1 atom stereocenters. The van der Waals surface area contributed by atoms with Crippen LogP contribution in [0.4, 0.5) is 5.69 Å². The van der Waals surface area contributed by atoms with Gasteiger partial charge in [0.2, 0.25) is 5.91 Å². The van der Waals surface area contributed by atoms with Gasteiger partial charge in [0.25, 0.3) is 0 Å². The van der Waals surface area contributed by atoms with Crippen molar-refractivity contribution < 1.29 is 24.2 Å². The van der Waals surface area contributed by atoms with Crippen LogP contribution >= 0.6 is 0 Å². The molecule has 28 heavy (non-hydrogen) atoms. The second kappa shape index (κ2) is 8.58. The maximum atomic E-state index is 12.1. The van der Waals surface area contributed by atoms with Gasteiger partial charge in [-0.05, 0) is 41.3 Å². The molecule has 1 aliphatic rings. The first-order chi connectivity index (χ1) is 13.5. The fraction of sp³-hybridized carbons (Fsp3) is 0.238. The number of carbonyl (C=O) groups is 2. The van der Waals surface area contributed by atoms with Gasteiger partial charge >= 0.3 is 5.97 Å². The lowest BCUT2D eigenvalue weighted by Crippen LogP contribution is -2.31. The minimum atomic E-state index is -1.17. The maximum absolute atomic E-state index is 12.1. The van der Waals surface area contributed by atoms with E-state index in [1.807, 2.05) is 30.3 Å². The molecule has 1 amide bonds. The zero-order chi connectivity index (χ0) is 20.1. The van der Waals surface area contributed by atoms with Crippen LogP contribution < -0.4 is 20.1 Å². The van der Waals surface area contributed by atoms with E-state index in [4.69, 9.17) is 14.6 Å². The Balaban J connectivity index is 1.98. The van der Waals surface area contributed by atoms with Gasteiger partial charge in [0, 0.05) is 24.4 Å². The molecule has 3 rings (SSSR count). The molecular formula is C21H22N2O5. The van der Waals surface area contributed by atoms with Crippen molar-refractivity contribution in [3.8, 4) is 11.5 Å². The Bertz CT molecular complexity index is 923. The number of para-hydroxylation sites is 1. The van der Waals surface area contributed by atoms with Gasteiger partial charge in [0.15, 0.2) is 11.5 Å². The van der Waals surface area contributed by atoms with E-state index in [1.165, 1.54) is 0 Å². The Morgan fingerprint density at radius 3 is 2.54 bits per heavy atom. The van der Waals surface area contributed by atoms with E-state index >= 15 is 0 Å². The molecule has 1 aliphatic heterocycles. The van der Waals surface area contributed by atoms with Crippen LogP contribution in [0, 0.1) is 0 Å². The lowest BCUT2D eigenvalue weighted by atomic mass is 9.88. The summed E-state index contributed by atoms with van der Waals surface area (Å²) >= 11 is 0. The summed E-state index contributed by atoms with van der Waals surface area (Å²) in [7, 11) is 3.21. The van der Waals surface area contributed by atoms with Crippen molar-refractivity contribution in [1.29, 1.82) is 0 Å². The second-order valence-corrected chi connectivity index (χ2v) is 6.29. The number of hydrogen-bond acceptors (Lipinski definition) is 5. The molecule has 0 saturated carbocycles. The minimum absolute atomic E-state index is 0.150. The maximum Gasteiger partial charge on any atom is 0.328 e. The molecular weight excluding hydrogens is 360 g/mol. The zero-order valence-electron chi connectivity index (χ0n) is 15.7. The number of nitrogens with one attached hydrogen (secondary N) is 2. The predicted octanol–water partition coefficient (Wildman–Crippen LogP) is 2.52. The molecule has 7 nitrogen and oxygen atoms in total. The number of fused-ring (bicyclic) bond motifs is 1. The normalized spacial score (nSPS) is 15.7. The summed E-state index contributed by atoms with van der Waals surface area (Å²) in [6.45, 7) is 0.772. The van der Waals surface area contributed by atoms with Crippen molar-refractivity contribution >= 4 is 17.6 Å². The van der Waals surface area contributed by atoms with Gasteiger partial charge in [-0.25, -0.2) is 4.79 Å². The molecule has 0 spiro atoms. The number of carboxylic acid groups (broad SMARTS) is 1. The quantitative estimate of drug-likeness (QED) is 0.665. The van der Waals surface area contributed by atoms with E-state index in [9.17, 15) is 9.59 Å². The Labute approximate surface area is 163 Å². The third-order valence-corrected chi connectivity index (χ3v) is 4.61. The van der Waals surface area contributed by atoms with E-state index in [0.29, 0.717) is 17.2 Å². The first-order valence-electron chi connectivity index (χ1n) is 8.82. The first-order valence-corrected chi connectivity index (χ1v) is 8.82. The molecule has 7 heteroatoms. The monoisotopic (exact) mass is 382 g/mol. The number of carboxylic acids is 1. The first kappa shape index (κ1) is 19.4. The van der Waals surface area contributed by atoms with Gasteiger partial charge < -0.3 is 25.2 Å². The largest absolute Gasteiger partial charge is 0.493 e. The van der Waals surface area contributed by atoms with Crippen LogP contribution in [0.15, 0.2) is 48.6 Å². The Morgan fingerprint density at radius 2 is 1.82 bits per heavy atom. The van der Waals surface area contributed by atoms with Gasteiger partial charge in [0.1, 0.15) is 0 Å². The minimum Gasteiger partial charge on any atom is -0.493 e. The van der Waals surface area contributed by atoms with Crippen LogP contribution in [0.2, 0.25) is 0 Å². The van der Waals surface area contributed by atoms with Crippen molar-refractivity contribution in [2.45, 2.75) is 12.5 Å². The highest BCUT2D eigenvalue weighted by atomic mass is 16.5. The predicted molar refractivity (Wildman–Crippen MR) is 105 cm³/mol. The van der Waals surface area contributed by atoms with Crippen LogP contribution in [0.3, 0.4) is 0 Å². The number of benzene rings is 2. The van der Waals surface area contributed by atoms with E-state index in [0.717, 1.165) is 41.8 Å². The third kappa shape index (κ3) is 4.15. The molecule has 2 aromatic carbocycles. The number of methoxy groups -OCH3 is 2. The number of hydrogen-bond donors (Lipinski definition) is 3. The van der Waals surface area contributed by atoms with E-state index in [-0.39, 0.29) is 6.04 Å². The second-order valence-electron chi connectivity index (χ2n) is 6.29. The number of aliphatic carboxylic acids is 1. The van der Waals surface area contributed by atoms with Crippen molar-refractivity contribution in [2.75, 3.05) is 26.1 Å². The Morgan fingerprint density at radius 1 is 1.11 bits per heavy atom. The van der Waals surface area contributed by atoms with Crippen LogP contribution in [0.1, 0.15) is 22.7 Å². The van der Waals surface area contributed by atoms with Crippen LogP contribution in [-0.2, 0) is 16.0 Å². The van der Waals surface area contributed by atoms with Gasteiger partial charge in [-0.15, -0.1) is 0 Å². The van der Waals surface area contributed by atoms with E-state index in [2.05, 4.69) is 10.6 Å². The van der Waals surface area contributed by atoms with Crippen molar-refractivity contribution in [2.24, 2.45) is 0 Å². The Hall–Kier alpha value is -3.32. The topological polar surface area (TPSA) is 96.9 Å². The van der Waals surface area contributed by atoms with Crippen molar-refractivity contribution in [3.05, 3.63) is 65.2 Å². The van der Waals surface area contributed by atoms with Gasteiger partial charge in [0.05, 0.1) is 20.3 Å².